The summed E-state index contributed by atoms with van der Waals surface area (Å²) < 4.78 is 7.86. The van der Waals surface area contributed by atoms with Gasteiger partial charge < -0.3 is 9.72 Å². The maximum Gasteiger partial charge on any atom is 0.216 e. The zero-order valence-corrected chi connectivity index (χ0v) is 16.5. The fourth-order valence-electron chi connectivity index (χ4n) is 2.95. The maximum atomic E-state index is 5.86. The van der Waals surface area contributed by atoms with Crippen LogP contribution in [0.4, 0.5) is 0 Å². The standard InChI is InChI=1S/C21H21N5OS/c1-14(2)15-7-9-17(10-8-15)27-13-20-24-25-21(28)26(20)23-12-16-11-22-19-6-4-3-5-18(16)19/h3-12,14,22H,13H2,1-2H3,(H,25,28)/b23-12+. The number of hydrogen-bond donors (Lipinski definition) is 2. The molecule has 0 fully saturated rings. The zero-order valence-electron chi connectivity index (χ0n) is 15.7. The van der Waals surface area contributed by atoms with Gasteiger partial charge in [0.05, 0.1) is 6.21 Å². The monoisotopic (exact) mass is 391 g/mol. The number of nitrogens with zero attached hydrogens (tertiary/aromatic N) is 3. The molecule has 2 aromatic heterocycles. The van der Waals surface area contributed by atoms with Crippen LogP contribution in [0.1, 0.15) is 36.7 Å². The summed E-state index contributed by atoms with van der Waals surface area (Å²) in [6.45, 7) is 4.60. The molecule has 0 saturated carbocycles. The third-order valence-corrected chi connectivity index (χ3v) is 4.83. The second-order valence-corrected chi connectivity index (χ2v) is 7.19. The van der Waals surface area contributed by atoms with Gasteiger partial charge in [0.1, 0.15) is 12.4 Å². The van der Waals surface area contributed by atoms with Gasteiger partial charge in [-0.2, -0.15) is 14.9 Å². The van der Waals surface area contributed by atoms with E-state index in [1.165, 1.54) is 5.56 Å². The van der Waals surface area contributed by atoms with Crippen LogP contribution in [0.3, 0.4) is 0 Å². The number of benzene rings is 2. The minimum Gasteiger partial charge on any atom is -0.486 e. The van der Waals surface area contributed by atoms with Crippen molar-refractivity contribution in [3.8, 4) is 5.75 Å². The van der Waals surface area contributed by atoms with Crippen molar-refractivity contribution in [1.82, 2.24) is 19.9 Å². The van der Waals surface area contributed by atoms with Gasteiger partial charge in [-0.05, 0) is 41.9 Å². The lowest BCUT2D eigenvalue weighted by Crippen LogP contribution is -2.04. The molecule has 6 nitrogen and oxygen atoms in total. The SMILES string of the molecule is CC(C)c1ccc(OCc2n[nH]c(=S)n2/N=C/c2c[nH]c3ccccc23)cc1. The molecular weight excluding hydrogens is 370 g/mol. The van der Waals surface area contributed by atoms with Crippen molar-refractivity contribution in [2.24, 2.45) is 5.10 Å². The minimum atomic E-state index is 0.263. The summed E-state index contributed by atoms with van der Waals surface area (Å²) in [7, 11) is 0. The van der Waals surface area contributed by atoms with E-state index in [1.807, 2.05) is 42.6 Å². The van der Waals surface area contributed by atoms with E-state index >= 15 is 0 Å². The van der Waals surface area contributed by atoms with Gasteiger partial charge in [0, 0.05) is 22.7 Å². The van der Waals surface area contributed by atoms with Crippen LogP contribution in [0.15, 0.2) is 59.8 Å². The maximum absolute atomic E-state index is 5.86. The van der Waals surface area contributed by atoms with Crippen molar-refractivity contribution in [1.29, 1.82) is 0 Å². The number of fused-ring (bicyclic) bond motifs is 1. The predicted molar refractivity (Wildman–Crippen MR) is 114 cm³/mol. The second-order valence-electron chi connectivity index (χ2n) is 6.80. The number of ether oxygens (including phenoxy) is 1. The fourth-order valence-corrected chi connectivity index (χ4v) is 3.15. The molecule has 2 heterocycles. The molecule has 0 unspecified atom stereocenters. The molecule has 28 heavy (non-hydrogen) atoms. The van der Waals surface area contributed by atoms with Crippen molar-refractivity contribution in [2.45, 2.75) is 26.4 Å². The van der Waals surface area contributed by atoms with E-state index in [-0.39, 0.29) is 6.61 Å². The Balaban J connectivity index is 1.52. The topological polar surface area (TPSA) is 71.0 Å². The van der Waals surface area contributed by atoms with Gasteiger partial charge >= 0.3 is 0 Å². The first-order valence-electron chi connectivity index (χ1n) is 9.11. The Kier molecular flexibility index (Phi) is 5.08. The van der Waals surface area contributed by atoms with Gasteiger partial charge in [-0.15, -0.1) is 0 Å². The molecule has 7 heteroatoms. The number of aromatic nitrogens is 4. The smallest absolute Gasteiger partial charge is 0.216 e. The number of nitrogens with one attached hydrogen (secondary N) is 2. The average Bonchev–Trinajstić information content (AvgIpc) is 3.28. The van der Waals surface area contributed by atoms with E-state index in [9.17, 15) is 0 Å². The molecule has 4 rings (SSSR count). The third-order valence-electron chi connectivity index (χ3n) is 4.57. The van der Waals surface area contributed by atoms with Gasteiger partial charge in [0.2, 0.25) is 4.77 Å². The number of rotatable bonds is 6. The lowest BCUT2D eigenvalue weighted by Gasteiger charge is -2.08. The van der Waals surface area contributed by atoms with E-state index in [0.29, 0.717) is 16.5 Å². The average molecular weight is 392 g/mol. The van der Waals surface area contributed by atoms with Gasteiger partial charge in [-0.3, -0.25) is 0 Å². The molecule has 0 atom stereocenters. The molecule has 0 aliphatic heterocycles. The largest absolute Gasteiger partial charge is 0.486 e. The minimum absolute atomic E-state index is 0.263. The van der Waals surface area contributed by atoms with Crippen molar-refractivity contribution in [3.63, 3.8) is 0 Å². The van der Waals surface area contributed by atoms with E-state index in [2.05, 4.69) is 46.3 Å². The predicted octanol–water partition coefficient (Wildman–Crippen LogP) is 5.01. The van der Waals surface area contributed by atoms with Crippen LogP contribution in [0.25, 0.3) is 10.9 Å². The van der Waals surface area contributed by atoms with E-state index in [1.54, 1.807) is 10.9 Å². The Hall–Kier alpha value is -3.19. The highest BCUT2D eigenvalue weighted by Gasteiger charge is 2.07. The number of aromatic amines is 2. The van der Waals surface area contributed by atoms with Gasteiger partial charge in [-0.25, -0.2) is 5.10 Å². The van der Waals surface area contributed by atoms with E-state index in [0.717, 1.165) is 22.2 Å². The van der Waals surface area contributed by atoms with E-state index in [4.69, 9.17) is 17.0 Å². The Morgan fingerprint density at radius 1 is 1.18 bits per heavy atom. The molecule has 0 saturated heterocycles. The molecule has 4 aromatic rings. The first-order chi connectivity index (χ1) is 13.6. The molecular formula is C21H21N5OS. The van der Waals surface area contributed by atoms with E-state index < -0.39 is 0 Å². The van der Waals surface area contributed by atoms with Gasteiger partial charge in [0.25, 0.3) is 0 Å². The van der Waals surface area contributed by atoms with Crippen LogP contribution in [0.5, 0.6) is 5.75 Å². The molecule has 0 radical (unpaired) electrons. The van der Waals surface area contributed by atoms with Crippen LogP contribution in [-0.4, -0.2) is 26.1 Å². The summed E-state index contributed by atoms with van der Waals surface area (Å²) in [6.07, 6.45) is 3.69. The first kappa shape index (κ1) is 18.2. The fraction of sp³-hybridized carbons (Fsp3) is 0.190. The first-order valence-corrected chi connectivity index (χ1v) is 9.52. The Morgan fingerprint density at radius 2 is 1.96 bits per heavy atom. The Bertz CT molecular complexity index is 1170. The third kappa shape index (κ3) is 3.75. The molecule has 142 valence electrons. The number of para-hydroxylation sites is 1. The summed E-state index contributed by atoms with van der Waals surface area (Å²) in [4.78, 5) is 3.23. The molecule has 0 bridgehead atoms. The molecule has 0 amide bonds. The van der Waals surface area contributed by atoms with Crippen molar-refractivity contribution < 1.29 is 4.74 Å². The second kappa shape index (κ2) is 7.82. The van der Waals surface area contributed by atoms with Crippen LogP contribution in [-0.2, 0) is 6.61 Å². The van der Waals surface area contributed by atoms with Gasteiger partial charge in [0.15, 0.2) is 5.82 Å². The van der Waals surface area contributed by atoms with Crippen LogP contribution >= 0.6 is 12.2 Å². The van der Waals surface area contributed by atoms with Crippen molar-refractivity contribution in [2.75, 3.05) is 0 Å². The highest BCUT2D eigenvalue weighted by molar-refractivity contribution is 7.71. The highest BCUT2D eigenvalue weighted by Crippen LogP contribution is 2.19. The van der Waals surface area contributed by atoms with Crippen LogP contribution in [0, 0.1) is 4.77 Å². The van der Waals surface area contributed by atoms with Crippen molar-refractivity contribution >= 4 is 29.3 Å². The zero-order chi connectivity index (χ0) is 19.5. The van der Waals surface area contributed by atoms with Gasteiger partial charge in [-0.1, -0.05) is 44.2 Å². The highest BCUT2D eigenvalue weighted by atomic mass is 32.1. The summed E-state index contributed by atoms with van der Waals surface area (Å²) in [6, 6.07) is 16.2. The Morgan fingerprint density at radius 3 is 2.75 bits per heavy atom. The number of hydrogen-bond acceptors (Lipinski definition) is 4. The molecule has 0 aliphatic carbocycles. The molecule has 0 spiro atoms. The van der Waals surface area contributed by atoms with Crippen molar-refractivity contribution in [3.05, 3.63) is 76.5 Å². The molecule has 2 aromatic carbocycles. The molecule has 2 N–H and O–H groups in total. The summed E-state index contributed by atoms with van der Waals surface area (Å²) >= 11 is 5.31. The lowest BCUT2D eigenvalue weighted by atomic mass is 10.0. The summed E-state index contributed by atoms with van der Waals surface area (Å²) in [5, 5.41) is 12.6. The number of H-pyrrole nitrogens is 2. The lowest BCUT2D eigenvalue weighted by molar-refractivity contribution is 0.290. The van der Waals surface area contributed by atoms with Crippen LogP contribution in [0.2, 0.25) is 0 Å². The molecule has 0 aliphatic rings. The quantitative estimate of drug-likeness (QED) is 0.359. The van der Waals surface area contributed by atoms with Crippen LogP contribution < -0.4 is 4.74 Å². The summed E-state index contributed by atoms with van der Waals surface area (Å²) in [5.41, 5.74) is 3.32. The normalized spacial score (nSPS) is 11.7. The summed E-state index contributed by atoms with van der Waals surface area (Å²) in [5.74, 6) is 1.88. The Labute approximate surface area is 167 Å².